The van der Waals surface area contributed by atoms with E-state index in [9.17, 15) is 0 Å². The minimum absolute atomic E-state index is 0.603. The van der Waals surface area contributed by atoms with Gasteiger partial charge >= 0.3 is 0 Å². The van der Waals surface area contributed by atoms with Crippen LogP contribution in [-0.4, -0.2) is 37.6 Å². The second-order valence-corrected chi connectivity index (χ2v) is 3.80. The van der Waals surface area contributed by atoms with Crippen LogP contribution in [0.15, 0.2) is 11.6 Å². The summed E-state index contributed by atoms with van der Waals surface area (Å²) in [6, 6.07) is 0.603. The lowest BCUT2D eigenvalue weighted by Crippen LogP contribution is -2.34. The normalized spacial score (nSPS) is 11.2. The lowest BCUT2D eigenvalue weighted by Gasteiger charge is -2.20. The summed E-state index contributed by atoms with van der Waals surface area (Å²) < 4.78 is 0. The summed E-state index contributed by atoms with van der Waals surface area (Å²) in [6.45, 7) is 10.7. The average Bonchev–Trinajstić information content (AvgIpc) is 1.97. The first kappa shape index (κ1) is 11.9. The first-order valence-corrected chi connectivity index (χ1v) is 4.66. The van der Waals surface area contributed by atoms with Crippen molar-refractivity contribution in [2.75, 3.05) is 26.7 Å². The van der Waals surface area contributed by atoms with E-state index in [1.54, 1.807) is 0 Å². The van der Waals surface area contributed by atoms with Crippen LogP contribution in [-0.2, 0) is 0 Å². The van der Waals surface area contributed by atoms with Gasteiger partial charge in [0.05, 0.1) is 0 Å². The molecular weight excluding hydrogens is 172 g/mol. The third-order valence-electron chi connectivity index (χ3n) is 1.84. The molecule has 0 aliphatic rings. The zero-order valence-electron chi connectivity index (χ0n) is 8.23. The lowest BCUT2D eigenvalue weighted by atomic mass is 10.3. The van der Waals surface area contributed by atoms with E-state index >= 15 is 0 Å². The topological polar surface area (TPSA) is 15.3 Å². The number of likely N-dealkylation sites (N-methyl/N-ethyl adjacent to an activating group) is 1. The van der Waals surface area contributed by atoms with Crippen molar-refractivity contribution >= 4 is 11.6 Å². The molecule has 0 saturated carbocycles. The Morgan fingerprint density at radius 1 is 1.58 bits per heavy atom. The Morgan fingerprint density at radius 2 is 2.17 bits per heavy atom. The minimum atomic E-state index is 0.603. The fourth-order valence-electron chi connectivity index (χ4n) is 0.738. The van der Waals surface area contributed by atoms with Gasteiger partial charge in [-0.1, -0.05) is 18.2 Å². The van der Waals surface area contributed by atoms with Gasteiger partial charge in [-0.3, -0.25) is 0 Å². The smallest absolute Gasteiger partial charge is 0.0307 e. The molecule has 0 heterocycles. The second kappa shape index (κ2) is 6.46. The van der Waals surface area contributed by atoms with E-state index in [4.69, 9.17) is 11.6 Å². The molecular formula is C9H19ClN2. The number of hydrogen-bond donors (Lipinski definition) is 1. The Hall–Kier alpha value is -0.0500. The summed E-state index contributed by atoms with van der Waals surface area (Å²) in [6.07, 6.45) is 0. The third kappa shape index (κ3) is 6.65. The Bertz CT molecular complexity index is 134. The molecule has 0 aromatic heterocycles. The van der Waals surface area contributed by atoms with Gasteiger partial charge in [0.2, 0.25) is 0 Å². The summed E-state index contributed by atoms with van der Waals surface area (Å²) in [5, 5.41) is 3.87. The molecule has 0 aromatic carbocycles. The summed E-state index contributed by atoms with van der Waals surface area (Å²) in [5.74, 6) is 0. The van der Waals surface area contributed by atoms with Crippen LogP contribution in [0.5, 0.6) is 0 Å². The highest BCUT2D eigenvalue weighted by molar-refractivity contribution is 6.29. The highest BCUT2D eigenvalue weighted by Crippen LogP contribution is 1.93. The van der Waals surface area contributed by atoms with Gasteiger partial charge in [0.25, 0.3) is 0 Å². The second-order valence-electron chi connectivity index (χ2n) is 3.27. The van der Waals surface area contributed by atoms with E-state index in [0.717, 1.165) is 13.1 Å². The molecule has 0 aromatic rings. The van der Waals surface area contributed by atoms with Gasteiger partial charge in [0, 0.05) is 30.7 Å². The average molecular weight is 191 g/mol. The van der Waals surface area contributed by atoms with E-state index in [0.29, 0.717) is 17.6 Å². The molecule has 12 heavy (non-hydrogen) atoms. The first-order valence-electron chi connectivity index (χ1n) is 4.28. The molecule has 0 bridgehead atoms. The quantitative estimate of drug-likeness (QED) is 0.642. The van der Waals surface area contributed by atoms with Gasteiger partial charge in [0.15, 0.2) is 0 Å². The molecule has 1 N–H and O–H groups in total. The Balaban J connectivity index is 3.25. The maximum Gasteiger partial charge on any atom is 0.0307 e. The molecule has 2 nitrogen and oxygen atoms in total. The van der Waals surface area contributed by atoms with Gasteiger partial charge < -0.3 is 10.2 Å². The standard InChI is InChI=1S/C9H19ClN2/c1-8(2)12(4)6-5-11-7-9(3)10/h8,11H,3,5-7H2,1-2,4H3. The third-order valence-corrected chi connectivity index (χ3v) is 1.97. The van der Waals surface area contributed by atoms with Crippen LogP contribution >= 0.6 is 11.6 Å². The molecule has 0 atom stereocenters. The number of nitrogens with zero attached hydrogens (tertiary/aromatic N) is 1. The van der Waals surface area contributed by atoms with Crippen LogP contribution in [0.25, 0.3) is 0 Å². The van der Waals surface area contributed by atoms with Crippen molar-refractivity contribution in [3.05, 3.63) is 11.6 Å². The SMILES string of the molecule is C=C(Cl)CNCCN(C)C(C)C. The molecule has 0 aliphatic heterocycles. The van der Waals surface area contributed by atoms with Gasteiger partial charge in [-0.15, -0.1) is 0 Å². The van der Waals surface area contributed by atoms with Crippen LogP contribution in [0.2, 0.25) is 0 Å². The Labute approximate surface area is 80.6 Å². The zero-order chi connectivity index (χ0) is 9.56. The van der Waals surface area contributed by atoms with Gasteiger partial charge in [-0.2, -0.15) is 0 Å². The number of nitrogens with one attached hydrogen (secondary N) is 1. The van der Waals surface area contributed by atoms with E-state index in [2.05, 4.69) is 37.7 Å². The van der Waals surface area contributed by atoms with Crippen LogP contribution in [0.4, 0.5) is 0 Å². The minimum Gasteiger partial charge on any atom is -0.311 e. The van der Waals surface area contributed by atoms with Gasteiger partial charge in [-0.25, -0.2) is 0 Å². The maximum atomic E-state index is 5.59. The molecule has 0 amide bonds. The van der Waals surface area contributed by atoms with Crippen molar-refractivity contribution in [1.82, 2.24) is 10.2 Å². The van der Waals surface area contributed by atoms with Crippen molar-refractivity contribution in [3.63, 3.8) is 0 Å². The zero-order valence-corrected chi connectivity index (χ0v) is 8.99. The Morgan fingerprint density at radius 3 is 2.58 bits per heavy atom. The number of halogens is 1. The van der Waals surface area contributed by atoms with Gasteiger partial charge in [0.1, 0.15) is 0 Å². The number of hydrogen-bond acceptors (Lipinski definition) is 2. The summed E-state index contributed by atoms with van der Waals surface area (Å²) in [5.41, 5.74) is 0. The first-order chi connectivity index (χ1) is 5.54. The van der Waals surface area contributed by atoms with Crippen molar-refractivity contribution in [2.24, 2.45) is 0 Å². The predicted molar refractivity (Wildman–Crippen MR) is 55.6 cm³/mol. The van der Waals surface area contributed by atoms with Crippen molar-refractivity contribution in [2.45, 2.75) is 19.9 Å². The molecule has 0 radical (unpaired) electrons. The van der Waals surface area contributed by atoms with E-state index in [-0.39, 0.29) is 0 Å². The summed E-state index contributed by atoms with van der Waals surface area (Å²) >= 11 is 5.59. The van der Waals surface area contributed by atoms with E-state index in [1.807, 2.05) is 0 Å². The largest absolute Gasteiger partial charge is 0.311 e. The van der Waals surface area contributed by atoms with Crippen LogP contribution in [0.1, 0.15) is 13.8 Å². The Kier molecular flexibility index (Phi) is 6.44. The van der Waals surface area contributed by atoms with Crippen LogP contribution < -0.4 is 5.32 Å². The van der Waals surface area contributed by atoms with Crippen molar-refractivity contribution in [3.8, 4) is 0 Å². The van der Waals surface area contributed by atoms with Crippen LogP contribution in [0.3, 0.4) is 0 Å². The maximum absolute atomic E-state index is 5.59. The van der Waals surface area contributed by atoms with Gasteiger partial charge in [-0.05, 0) is 20.9 Å². The molecule has 0 spiro atoms. The summed E-state index contributed by atoms with van der Waals surface area (Å²) in [7, 11) is 2.11. The number of rotatable bonds is 6. The molecule has 3 heteroatoms. The molecule has 0 aliphatic carbocycles. The molecule has 0 unspecified atom stereocenters. The fraction of sp³-hybridized carbons (Fsp3) is 0.778. The highest BCUT2D eigenvalue weighted by Gasteiger charge is 2.00. The molecule has 0 rings (SSSR count). The fourth-order valence-corrected chi connectivity index (χ4v) is 0.832. The van der Waals surface area contributed by atoms with E-state index in [1.165, 1.54) is 0 Å². The molecule has 0 saturated heterocycles. The highest BCUT2D eigenvalue weighted by atomic mass is 35.5. The lowest BCUT2D eigenvalue weighted by molar-refractivity contribution is 0.275. The van der Waals surface area contributed by atoms with Crippen molar-refractivity contribution in [1.29, 1.82) is 0 Å². The van der Waals surface area contributed by atoms with Crippen LogP contribution in [0, 0.1) is 0 Å². The monoisotopic (exact) mass is 190 g/mol. The van der Waals surface area contributed by atoms with Crippen molar-refractivity contribution < 1.29 is 0 Å². The van der Waals surface area contributed by atoms with E-state index < -0.39 is 0 Å². The summed E-state index contributed by atoms with van der Waals surface area (Å²) in [4.78, 5) is 2.28. The molecule has 0 fully saturated rings. The predicted octanol–water partition coefficient (Wildman–Crippen LogP) is 1.67. The molecule has 72 valence electrons.